The lowest BCUT2D eigenvalue weighted by atomic mass is 10.2. The van der Waals surface area contributed by atoms with Gasteiger partial charge in [-0.1, -0.05) is 13.8 Å². The first-order chi connectivity index (χ1) is 6.09. The molecule has 0 spiro atoms. The van der Waals surface area contributed by atoms with Crippen molar-refractivity contribution in [1.82, 2.24) is 20.4 Å². The lowest BCUT2D eigenvalue weighted by Gasteiger charge is -2.00. The van der Waals surface area contributed by atoms with E-state index < -0.39 is 8.03 Å². The van der Waals surface area contributed by atoms with Gasteiger partial charge in [-0.25, -0.2) is 0 Å². The molecule has 0 saturated heterocycles. The van der Waals surface area contributed by atoms with Gasteiger partial charge in [0.2, 0.25) is 0 Å². The molecule has 1 unspecified atom stereocenters. The van der Waals surface area contributed by atoms with Crippen molar-refractivity contribution in [2.75, 3.05) is 0 Å². The van der Waals surface area contributed by atoms with E-state index in [2.05, 4.69) is 20.4 Å². The van der Waals surface area contributed by atoms with Crippen LogP contribution < -0.4 is 0 Å². The molecule has 1 N–H and O–H groups in total. The van der Waals surface area contributed by atoms with Crippen molar-refractivity contribution in [2.45, 2.75) is 25.9 Å². The van der Waals surface area contributed by atoms with Gasteiger partial charge in [-0.15, -0.1) is 20.4 Å². The van der Waals surface area contributed by atoms with Crippen molar-refractivity contribution in [2.24, 2.45) is 0 Å². The zero-order chi connectivity index (χ0) is 9.84. The zero-order valence-electron chi connectivity index (χ0n) is 7.43. The average molecular weight is 202 g/mol. The van der Waals surface area contributed by atoms with Gasteiger partial charge >= 0.3 is 0 Å². The van der Waals surface area contributed by atoms with Gasteiger partial charge < -0.3 is 4.89 Å². The maximum absolute atomic E-state index is 10.4. The van der Waals surface area contributed by atoms with Crippen LogP contribution in [0.4, 0.5) is 0 Å². The van der Waals surface area contributed by atoms with Crippen LogP contribution in [0.15, 0.2) is 0 Å². The maximum atomic E-state index is 10.4. The first kappa shape index (κ1) is 10.2. The monoisotopic (exact) mass is 202 g/mol. The van der Waals surface area contributed by atoms with E-state index in [1.807, 2.05) is 13.8 Å². The lowest BCUT2D eigenvalue weighted by Crippen LogP contribution is -2.05. The Kier molecular flexibility index (Phi) is 3.45. The molecule has 6 nitrogen and oxygen atoms in total. The number of hydrogen-bond acceptors (Lipinski definition) is 5. The van der Waals surface area contributed by atoms with E-state index in [1.165, 1.54) is 0 Å². The molecule has 1 rings (SSSR count). The summed E-state index contributed by atoms with van der Waals surface area (Å²) in [5.41, 5.74) is 0. The highest BCUT2D eigenvalue weighted by Gasteiger charge is 2.06. The quantitative estimate of drug-likeness (QED) is 0.711. The van der Waals surface area contributed by atoms with Crippen LogP contribution in [0.3, 0.4) is 0 Å². The van der Waals surface area contributed by atoms with E-state index in [4.69, 9.17) is 4.89 Å². The van der Waals surface area contributed by atoms with Gasteiger partial charge in [-0.2, -0.15) is 0 Å². The van der Waals surface area contributed by atoms with Crippen molar-refractivity contribution in [3.05, 3.63) is 11.6 Å². The van der Waals surface area contributed by atoms with Crippen molar-refractivity contribution in [3.63, 3.8) is 0 Å². The van der Waals surface area contributed by atoms with E-state index in [0.29, 0.717) is 5.82 Å². The van der Waals surface area contributed by atoms with Crippen molar-refractivity contribution < 1.29 is 9.46 Å². The summed E-state index contributed by atoms with van der Waals surface area (Å²) in [5.74, 6) is 0.928. The number of hydrogen-bond donors (Lipinski definition) is 1. The molecule has 1 heterocycles. The van der Waals surface area contributed by atoms with Crippen LogP contribution in [0, 0.1) is 0 Å². The highest BCUT2D eigenvalue weighted by molar-refractivity contribution is 7.37. The molecule has 0 saturated carbocycles. The Hall–Kier alpha value is -0.870. The van der Waals surface area contributed by atoms with Crippen LogP contribution in [0.5, 0.6) is 0 Å². The Labute approximate surface area is 76.3 Å². The minimum atomic E-state index is -2.57. The molecule has 0 amide bonds. The van der Waals surface area contributed by atoms with E-state index in [9.17, 15) is 4.57 Å². The molecule has 13 heavy (non-hydrogen) atoms. The fourth-order valence-corrected chi connectivity index (χ4v) is 1.11. The summed E-state index contributed by atoms with van der Waals surface area (Å²) >= 11 is 0. The molecule has 0 fully saturated rings. The Morgan fingerprint density at radius 2 is 1.85 bits per heavy atom. The Morgan fingerprint density at radius 3 is 2.23 bits per heavy atom. The van der Waals surface area contributed by atoms with Gasteiger partial charge in [0.05, 0.1) is 6.16 Å². The molecule has 0 aliphatic rings. The summed E-state index contributed by atoms with van der Waals surface area (Å²) in [4.78, 5) is 8.60. The van der Waals surface area contributed by atoms with Crippen molar-refractivity contribution in [3.8, 4) is 0 Å². The molecule has 0 aliphatic heterocycles. The summed E-state index contributed by atoms with van der Waals surface area (Å²) in [6, 6.07) is 0. The Morgan fingerprint density at radius 1 is 1.31 bits per heavy atom. The predicted molar refractivity (Wildman–Crippen MR) is 46.6 cm³/mol. The average Bonchev–Trinajstić information content (AvgIpc) is 2.04. The van der Waals surface area contributed by atoms with Gasteiger partial charge in [0.25, 0.3) is 0 Å². The molecule has 7 heteroatoms. The van der Waals surface area contributed by atoms with Crippen LogP contribution >= 0.6 is 8.03 Å². The standard InChI is InChI=1S/C6H11N4O2P/c1-4(2)6-9-7-5(8-10-6)3-13(11)12/h4,13H,3H2,1-2H3,(H,11,12). The normalized spacial score (nSPS) is 13.2. The third kappa shape index (κ3) is 3.16. The predicted octanol–water partition coefficient (Wildman–Crippen LogP) is 0.357. The highest BCUT2D eigenvalue weighted by atomic mass is 31.1. The topological polar surface area (TPSA) is 88.9 Å². The van der Waals surface area contributed by atoms with Crippen LogP contribution in [-0.4, -0.2) is 25.3 Å². The van der Waals surface area contributed by atoms with E-state index in [0.717, 1.165) is 0 Å². The van der Waals surface area contributed by atoms with Gasteiger partial charge in [-0.05, 0) is 0 Å². The fourth-order valence-electron chi connectivity index (χ4n) is 0.695. The third-order valence-corrected chi connectivity index (χ3v) is 1.98. The van der Waals surface area contributed by atoms with Gasteiger partial charge in [-0.3, -0.25) is 4.57 Å². The Bertz CT molecular complexity index is 300. The molecule has 1 aromatic heterocycles. The second-order valence-corrected chi connectivity index (χ2v) is 4.04. The molecule has 1 aromatic rings. The zero-order valence-corrected chi connectivity index (χ0v) is 8.43. The number of aromatic nitrogens is 4. The molecule has 0 radical (unpaired) electrons. The SMILES string of the molecule is CC(C)c1nnc(C[PH](=O)O)nn1. The molecule has 72 valence electrons. The molecular formula is C6H11N4O2P. The lowest BCUT2D eigenvalue weighted by molar-refractivity contribution is 0.499. The summed E-state index contributed by atoms with van der Waals surface area (Å²) in [6.45, 7) is 3.85. The third-order valence-electron chi connectivity index (χ3n) is 1.36. The molecule has 0 aromatic carbocycles. The molecule has 1 atom stereocenters. The second kappa shape index (κ2) is 4.39. The second-order valence-electron chi connectivity index (χ2n) is 2.90. The fraction of sp³-hybridized carbons (Fsp3) is 0.667. The van der Waals surface area contributed by atoms with Crippen LogP contribution in [0.1, 0.15) is 31.4 Å². The minimum Gasteiger partial charge on any atom is -0.346 e. The van der Waals surface area contributed by atoms with Gasteiger partial charge in [0.15, 0.2) is 19.7 Å². The number of nitrogens with zero attached hydrogens (tertiary/aromatic N) is 4. The Balaban J connectivity index is 2.75. The summed E-state index contributed by atoms with van der Waals surface area (Å²) < 4.78 is 10.4. The van der Waals surface area contributed by atoms with Crippen molar-refractivity contribution >= 4 is 8.03 Å². The minimum absolute atomic E-state index is 0.0525. The van der Waals surface area contributed by atoms with Crippen LogP contribution in [0.2, 0.25) is 0 Å². The smallest absolute Gasteiger partial charge is 0.196 e. The molecule has 0 bridgehead atoms. The van der Waals surface area contributed by atoms with E-state index in [1.54, 1.807) is 0 Å². The van der Waals surface area contributed by atoms with Crippen LogP contribution in [-0.2, 0) is 10.7 Å². The highest BCUT2D eigenvalue weighted by Crippen LogP contribution is 2.17. The first-order valence-electron chi connectivity index (χ1n) is 3.87. The first-order valence-corrected chi connectivity index (χ1v) is 5.44. The van der Waals surface area contributed by atoms with Crippen molar-refractivity contribution in [1.29, 1.82) is 0 Å². The maximum Gasteiger partial charge on any atom is 0.196 e. The van der Waals surface area contributed by atoms with Gasteiger partial charge in [0.1, 0.15) is 0 Å². The van der Waals surface area contributed by atoms with Gasteiger partial charge in [0, 0.05) is 5.92 Å². The van der Waals surface area contributed by atoms with E-state index >= 15 is 0 Å². The van der Waals surface area contributed by atoms with E-state index in [-0.39, 0.29) is 17.9 Å². The number of rotatable bonds is 3. The van der Waals surface area contributed by atoms with Crippen LogP contribution in [0.25, 0.3) is 0 Å². The molecule has 0 aliphatic carbocycles. The summed E-state index contributed by atoms with van der Waals surface area (Å²) in [5, 5.41) is 14.9. The molecular weight excluding hydrogens is 191 g/mol. The summed E-state index contributed by atoms with van der Waals surface area (Å²) in [7, 11) is -2.57. The summed E-state index contributed by atoms with van der Waals surface area (Å²) in [6.07, 6.45) is -0.0525. The largest absolute Gasteiger partial charge is 0.346 e.